The van der Waals surface area contributed by atoms with Crippen LogP contribution in [0.5, 0.6) is 0 Å². The number of carboxylic acids is 1. The Labute approximate surface area is 116 Å². The van der Waals surface area contributed by atoms with Crippen molar-refractivity contribution in [2.24, 2.45) is 0 Å². The van der Waals surface area contributed by atoms with Gasteiger partial charge in [0.15, 0.2) is 0 Å². The van der Waals surface area contributed by atoms with Gasteiger partial charge in [0.2, 0.25) is 0 Å². The maximum atomic E-state index is 11.6. The summed E-state index contributed by atoms with van der Waals surface area (Å²) in [6, 6.07) is 9.73. The van der Waals surface area contributed by atoms with Crippen molar-refractivity contribution in [3.05, 3.63) is 52.0 Å². The zero-order valence-corrected chi connectivity index (χ0v) is 11.3. The van der Waals surface area contributed by atoms with E-state index in [4.69, 9.17) is 0 Å². The van der Waals surface area contributed by atoms with E-state index in [1.165, 1.54) is 0 Å². The zero-order valence-electron chi connectivity index (χ0n) is 11.3. The molecule has 0 saturated heterocycles. The predicted molar refractivity (Wildman–Crippen MR) is 78.8 cm³/mol. The summed E-state index contributed by atoms with van der Waals surface area (Å²) in [7, 11) is 0. The van der Waals surface area contributed by atoms with E-state index in [0.717, 1.165) is 40.2 Å². The topological polar surface area (TPSA) is 50.2 Å². The molecule has 0 bridgehead atoms. The van der Waals surface area contributed by atoms with Crippen molar-refractivity contribution in [3.63, 3.8) is 0 Å². The molecular formula is C17H15NO2. The Kier molecular flexibility index (Phi) is 3.11. The molecule has 1 aromatic heterocycles. The van der Waals surface area contributed by atoms with E-state index in [0.29, 0.717) is 5.56 Å². The lowest BCUT2D eigenvalue weighted by Gasteiger charge is -2.12. The van der Waals surface area contributed by atoms with E-state index in [-0.39, 0.29) is 0 Å². The van der Waals surface area contributed by atoms with Crippen LogP contribution in [0.4, 0.5) is 0 Å². The van der Waals surface area contributed by atoms with E-state index in [1.54, 1.807) is 0 Å². The van der Waals surface area contributed by atoms with Crippen LogP contribution in [-0.4, -0.2) is 16.1 Å². The van der Waals surface area contributed by atoms with Crippen molar-refractivity contribution in [2.75, 3.05) is 0 Å². The average Bonchev–Trinajstić information content (AvgIpc) is 2.47. The van der Waals surface area contributed by atoms with Gasteiger partial charge in [0.25, 0.3) is 0 Å². The number of hydrogen-bond donors (Lipinski definition) is 1. The molecule has 0 spiro atoms. The first-order valence-electron chi connectivity index (χ1n) is 6.68. The Morgan fingerprint density at radius 2 is 1.85 bits per heavy atom. The van der Waals surface area contributed by atoms with Crippen LogP contribution in [0, 0.1) is 6.92 Å². The molecule has 100 valence electrons. The molecule has 1 heterocycles. The minimum absolute atomic E-state index is 0.379. The molecule has 3 rings (SSSR count). The van der Waals surface area contributed by atoms with Crippen LogP contribution in [0.3, 0.4) is 0 Å². The number of fused-ring (bicyclic) bond motifs is 1. The van der Waals surface area contributed by atoms with Crippen LogP contribution < -0.4 is 10.6 Å². The van der Waals surface area contributed by atoms with Crippen molar-refractivity contribution in [1.29, 1.82) is 0 Å². The van der Waals surface area contributed by atoms with E-state index < -0.39 is 5.97 Å². The van der Waals surface area contributed by atoms with Crippen LogP contribution >= 0.6 is 0 Å². The van der Waals surface area contributed by atoms with Crippen molar-refractivity contribution in [1.82, 2.24) is 4.98 Å². The molecule has 0 fully saturated rings. The highest BCUT2D eigenvalue weighted by atomic mass is 16.4. The molecule has 0 atom stereocenters. The summed E-state index contributed by atoms with van der Waals surface area (Å²) in [5.41, 5.74) is 2.82. The number of benzene rings is 1. The fourth-order valence-corrected chi connectivity index (χ4v) is 2.68. The van der Waals surface area contributed by atoms with Gasteiger partial charge >= 0.3 is 5.97 Å². The molecule has 0 saturated carbocycles. The Morgan fingerprint density at radius 1 is 1.15 bits per heavy atom. The highest BCUT2D eigenvalue weighted by molar-refractivity contribution is 5.92. The fourth-order valence-electron chi connectivity index (χ4n) is 2.68. The van der Waals surface area contributed by atoms with Gasteiger partial charge in [-0.15, -0.1) is 0 Å². The number of pyridine rings is 1. The summed E-state index contributed by atoms with van der Waals surface area (Å²) in [6.07, 6.45) is 5.79. The number of nitrogens with zero attached hydrogens (tertiary/aromatic N) is 1. The third-order valence-corrected chi connectivity index (χ3v) is 3.62. The van der Waals surface area contributed by atoms with Gasteiger partial charge in [-0.1, -0.05) is 42.5 Å². The van der Waals surface area contributed by atoms with Gasteiger partial charge in [0, 0.05) is 10.8 Å². The SMILES string of the molecule is Cc1c(-c2ccccc2)nc2c(c1C(=O)O)=CCCC=2. The van der Waals surface area contributed by atoms with Crippen molar-refractivity contribution in [3.8, 4) is 11.3 Å². The van der Waals surface area contributed by atoms with E-state index in [2.05, 4.69) is 4.98 Å². The number of aromatic carboxylic acids is 1. The highest BCUT2D eigenvalue weighted by Crippen LogP contribution is 2.21. The van der Waals surface area contributed by atoms with Gasteiger partial charge in [0.05, 0.1) is 16.6 Å². The number of rotatable bonds is 2. The maximum absolute atomic E-state index is 11.6. The first-order chi connectivity index (χ1) is 9.68. The van der Waals surface area contributed by atoms with Gasteiger partial charge in [0.1, 0.15) is 0 Å². The standard InChI is InChI=1S/C17H15NO2/c1-11-15(17(19)20)13-9-5-6-10-14(13)18-16(11)12-7-3-2-4-8-12/h2-4,7-10H,5-6H2,1H3,(H,19,20). The van der Waals surface area contributed by atoms with Crippen molar-refractivity contribution in [2.45, 2.75) is 19.8 Å². The molecule has 3 nitrogen and oxygen atoms in total. The molecule has 1 aliphatic rings. The first kappa shape index (κ1) is 12.6. The number of aromatic nitrogens is 1. The largest absolute Gasteiger partial charge is 0.478 e. The minimum atomic E-state index is -0.884. The second kappa shape index (κ2) is 4.93. The molecule has 0 radical (unpaired) electrons. The maximum Gasteiger partial charge on any atom is 0.336 e. The Morgan fingerprint density at radius 3 is 2.55 bits per heavy atom. The number of carboxylic acid groups (broad SMARTS) is 1. The molecule has 20 heavy (non-hydrogen) atoms. The van der Waals surface area contributed by atoms with Crippen LogP contribution in [0.1, 0.15) is 28.8 Å². The summed E-state index contributed by atoms with van der Waals surface area (Å²) in [5.74, 6) is -0.884. The average molecular weight is 265 g/mol. The predicted octanol–water partition coefficient (Wildman–Crippen LogP) is 2.11. The molecule has 2 aromatic rings. The lowest BCUT2D eigenvalue weighted by atomic mass is 9.97. The second-order valence-electron chi connectivity index (χ2n) is 4.92. The minimum Gasteiger partial charge on any atom is -0.478 e. The van der Waals surface area contributed by atoms with Crippen LogP contribution in [0.2, 0.25) is 0 Å². The first-order valence-corrected chi connectivity index (χ1v) is 6.68. The lowest BCUT2D eigenvalue weighted by Crippen LogP contribution is -2.37. The molecule has 0 amide bonds. The molecule has 0 aliphatic heterocycles. The van der Waals surface area contributed by atoms with Crippen molar-refractivity contribution >= 4 is 18.1 Å². The number of hydrogen-bond acceptors (Lipinski definition) is 2. The number of carbonyl (C=O) groups is 1. The van der Waals surface area contributed by atoms with Gasteiger partial charge in [-0.05, 0) is 25.3 Å². The highest BCUT2D eigenvalue weighted by Gasteiger charge is 2.17. The molecule has 1 N–H and O–H groups in total. The molecule has 1 aromatic carbocycles. The molecule has 1 aliphatic carbocycles. The van der Waals surface area contributed by atoms with Crippen LogP contribution in [0.15, 0.2) is 30.3 Å². The summed E-state index contributed by atoms with van der Waals surface area (Å²) >= 11 is 0. The van der Waals surface area contributed by atoms with Crippen molar-refractivity contribution < 1.29 is 9.90 Å². The summed E-state index contributed by atoms with van der Waals surface area (Å²) < 4.78 is 0. The van der Waals surface area contributed by atoms with E-state index in [1.807, 2.05) is 49.4 Å². The fraction of sp³-hybridized carbons (Fsp3) is 0.176. The molecule has 3 heteroatoms. The molecular weight excluding hydrogens is 250 g/mol. The Hall–Kier alpha value is -2.42. The monoisotopic (exact) mass is 265 g/mol. The summed E-state index contributed by atoms with van der Waals surface area (Å²) in [4.78, 5) is 16.3. The van der Waals surface area contributed by atoms with Crippen LogP contribution in [0.25, 0.3) is 23.4 Å². The smallest absolute Gasteiger partial charge is 0.336 e. The zero-order chi connectivity index (χ0) is 14.1. The van der Waals surface area contributed by atoms with Gasteiger partial charge in [-0.2, -0.15) is 0 Å². The Balaban J connectivity index is 2.40. The van der Waals surface area contributed by atoms with Gasteiger partial charge < -0.3 is 5.11 Å². The lowest BCUT2D eigenvalue weighted by molar-refractivity contribution is 0.0694. The van der Waals surface area contributed by atoms with Gasteiger partial charge in [-0.3, -0.25) is 0 Å². The Bertz CT molecular complexity index is 792. The second-order valence-corrected chi connectivity index (χ2v) is 4.92. The third kappa shape index (κ3) is 2.01. The quantitative estimate of drug-likeness (QED) is 0.904. The molecule has 0 unspecified atom stereocenters. The summed E-state index contributed by atoms with van der Waals surface area (Å²) in [5, 5.41) is 11.1. The normalized spacial score (nSPS) is 13.1. The van der Waals surface area contributed by atoms with Crippen LogP contribution in [-0.2, 0) is 0 Å². The third-order valence-electron chi connectivity index (χ3n) is 3.62. The summed E-state index contributed by atoms with van der Waals surface area (Å²) in [6.45, 7) is 1.83. The van der Waals surface area contributed by atoms with E-state index >= 15 is 0 Å². The van der Waals surface area contributed by atoms with Gasteiger partial charge in [-0.25, -0.2) is 9.78 Å². The van der Waals surface area contributed by atoms with E-state index in [9.17, 15) is 9.90 Å².